The molecule has 1 unspecified atom stereocenters. The Bertz CT molecular complexity index is 1200. The Labute approximate surface area is 203 Å². The number of amides is 1. The molecule has 7 heteroatoms. The summed E-state index contributed by atoms with van der Waals surface area (Å²) in [6, 6.07) is 13.7. The molecule has 1 amide bonds. The molecule has 0 bridgehead atoms. The average Bonchev–Trinajstić information content (AvgIpc) is 3.07. The van der Waals surface area contributed by atoms with Gasteiger partial charge in [-0.2, -0.15) is 12.6 Å². The summed E-state index contributed by atoms with van der Waals surface area (Å²) in [6.07, 6.45) is 1.10. The number of benzene rings is 3. The first-order valence-corrected chi connectivity index (χ1v) is 11.8. The highest BCUT2D eigenvalue weighted by Crippen LogP contribution is 2.44. The minimum atomic E-state index is -0.668. The molecule has 4 rings (SSSR count). The van der Waals surface area contributed by atoms with Gasteiger partial charge in [-0.25, -0.2) is 13.2 Å². The Morgan fingerprint density at radius 3 is 2.21 bits per heavy atom. The Hall–Kier alpha value is -2.77. The van der Waals surface area contributed by atoms with E-state index < -0.39 is 17.7 Å². The molecule has 2 N–H and O–H groups in total. The summed E-state index contributed by atoms with van der Waals surface area (Å²) in [7, 11) is 0. The zero-order valence-electron chi connectivity index (χ0n) is 19.0. The van der Waals surface area contributed by atoms with Gasteiger partial charge in [0, 0.05) is 30.8 Å². The summed E-state index contributed by atoms with van der Waals surface area (Å²) in [4.78, 5) is 11.8. The number of carbonyl (C=O) groups excluding carboxylic acids is 1. The van der Waals surface area contributed by atoms with E-state index in [1.807, 2.05) is 0 Å². The molecule has 0 fully saturated rings. The van der Waals surface area contributed by atoms with E-state index in [0.29, 0.717) is 12.1 Å². The van der Waals surface area contributed by atoms with Crippen molar-refractivity contribution in [3.05, 3.63) is 94.3 Å². The van der Waals surface area contributed by atoms with Crippen molar-refractivity contribution in [1.29, 1.82) is 0 Å². The first-order valence-electron chi connectivity index (χ1n) is 11.3. The number of fused-ring (bicyclic) bond motifs is 3. The van der Waals surface area contributed by atoms with Crippen LogP contribution in [0.2, 0.25) is 0 Å². The maximum atomic E-state index is 14.1. The Morgan fingerprint density at radius 1 is 0.912 bits per heavy atom. The molecule has 0 heterocycles. The summed E-state index contributed by atoms with van der Waals surface area (Å²) in [6.45, 7) is 3.86. The number of hydrogen-bond acceptors (Lipinski definition) is 3. The van der Waals surface area contributed by atoms with Crippen LogP contribution in [-0.2, 0) is 17.6 Å². The summed E-state index contributed by atoms with van der Waals surface area (Å²) >= 11 is 4.72. The first-order chi connectivity index (χ1) is 16.2. The van der Waals surface area contributed by atoms with Gasteiger partial charge in [0.15, 0.2) is 0 Å². The highest BCUT2D eigenvalue weighted by Gasteiger charge is 2.30. The quantitative estimate of drug-likeness (QED) is 0.376. The molecule has 0 aliphatic heterocycles. The van der Waals surface area contributed by atoms with Crippen LogP contribution >= 0.6 is 12.6 Å². The molecule has 178 valence electrons. The molecule has 0 spiro atoms. The topological polar surface area (TPSA) is 41.1 Å². The van der Waals surface area contributed by atoms with Crippen LogP contribution in [0.15, 0.2) is 54.6 Å². The minimum absolute atomic E-state index is 0.219. The average molecular weight is 485 g/mol. The van der Waals surface area contributed by atoms with Crippen molar-refractivity contribution >= 4 is 18.5 Å². The van der Waals surface area contributed by atoms with E-state index in [2.05, 4.69) is 35.8 Å². The summed E-state index contributed by atoms with van der Waals surface area (Å²) in [5.74, 6) is -1.90. The zero-order chi connectivity index (χ0) is 24.4. The van der Waals surface area contributed by atoms with Gasteiger partial charge in [0.25, 0.3) is 0 Å². The molecule has 0 saturated carbocycles. The van der Waals surface area contributed by atoms with Crippen molar-refractivity contribution in [1.82, 2.24) is 10.6 Å². The predicted octanol–water partition coefficient (Wildman–Crippen LogP) is 5.37. The Kier molecular flexibility index (Phi) is 7.33. The van der Waals surface area contributed by atoms with Crippen molar-refractivity contribution in [2.45, 2.75) is 44.0 Å². The van der Waals surface area contributed by atoms with Crippen LogP contribution in [-0.4, -0.2) is 23.7 Å². The minimum Gasteiger partial charge on any atom is -0.352 e. The zero-order valence-corrected chi connectivity index (χ0v) is 19.9. The smallest absolute Gasteiger partial charge is 0.217 e. The van der Waals surface area contributed by atoms with E-state index in [-0.39, 0.29) is 29.4 Å². The third kappa shape index (κ3) is 5.31. The van der Waals surface area contributed by atoms with Gasteiger partial charge in [0.2, 0.25) is 5.91 Å². The fraction of sp³-hybridized carbons (Fsp3) is 0.296. The van der Waals surface area contributed by atoms with Crippen LogP contribution in [0.1, 0.15) is 42.1 Å². The van der Waals surface area contributed by atoms with E-state index >= 15 is 0 Å². The molecule has 3 atom stereocenters. The van der Waals surface area contributed by atoms with Crippen LogP contribution in [0.3, 0.4) is 0 Å². The van der Waals surface area contributed by atoms with E-state index in [0.717, 1.165) is 34.7 Å². The third-order valence-electron chi connectivity index (χ3n) is 6.21. The molecular weight excluding hydrogens is 457 g/mol. The van der Waals surface area contributed by atoms with Gasteiger partial charge in [-0.05, 0) is 70.5 Å². The lowest BCUT2D eigenvalue weighted by Crippen LogP contribution is -2.46. The molecule has 3 aromatic carbocycles. The summed E-state index contributed by atoms with van der Waals surface area (Å²) in [5.41, 5.74) is 5.60. The van der Waals surface area contributed by atoms with Crippen LogP contribution < -0.4 is 10.6 Å². The molecule has 3 nitrogen and oxygen atoms in total. The number of carbonyl (C=O) groups is 1. The van der Waals surface area contributed by atoms with Gasteiger partial charge in [-0.1, -0.05) is 31.2 Å². The van der Waals surface area contributed by atoms with Crippen LogP contribution in [0.4, 0.5) is 13.2 Å². The number of nitrogens with one attached hydrogen (secondary N) is 2. The lowest BCUT2D eigenvalue weighted by atomic mass is 10.00. The molecule has 1 aliphatic rings. The predicted molar refractivity (Wildman–Crippen MR) is 132 cm³/mol. The van der Waals surface area contributed by atoms with E-state index in [1.54, 1.807) is 12.1 Å². The van der Waals surface area contributed by atoms with Crippen molar-refractivity contribution < 1.29 is 18.0 Å². The number of thiol groups is 1. The summed E-state index contributed by atoms with van der Waals surface area (Å²) in [5, 5.41) is 5.97. The maximum Gasteiger partial charge on any atom is 0.217 e. The number of rotatable bonds is 8. The number of halogens is 3. The van der Waals surface area contributed by atoms with Crippen LogP contribution in [0.5, 0.6) is 0 Å². The standard InChI is InChI=1S/C27H27F3N2OS/c1-3-16-4-6-21-22-7-5-18(28)13-24(22)27(23(21)10-16)31-14-26(34)25(32-15(2)33)11-17-8-19(29)12-20(30)9-17/h4-10,12-13,25-27,31,34H,3,11,14H2,1-2H3,(H,32,33)/t25-,26+,27?/m0/s1. The lowest BCUT2D eigenvalue weighted by Gasteiger charge is -2.26. The third-order valence-corrected chi connectivity index (χ3v) is 6.75. The number of hydrogen-bond donors (Lipinski definition) is 3. The fourth-order valence-electron chi connectivity index (χ4n) is 4.63. The number of aryl methyl sites for hydroxylation is 1. The Balaban J connectivity index is 1.57. The Morgan fingerprint density at radius 2 is 1.56 bits per heavy atom. The second-order valence-corrected chi connectivity index (χ2v) is 9.37. The van der Waals surface area contributed by atoms with Crippen LogP contribution in [0, 0.1) is 17.5 Å². The van der Waals surface area contributed by atoms with Gasteiger partial charge >= 0.3 is 0 Å². The molecule has 3 aromatic rings. The highest BCUT2D eigenvalue weighted by molar-refractivity contribution is 7.81. The molecule has 0 aromatic heterocycles. The molecule has 0 saturated heterocycles. The second kappa shape index (κ2) is 10.2. The van der Waals surface area contributed by atoms with E-state index in [4.69, 9.17) is 12.6 Å². The molecular formula is C27H27F3N2OS. The van der Waals surface area contributed by atoms with Crippen LogP contribution in [0.25, 0.3) is 11.1 Å². The first kappa shape index (κ1) is 24.4. The van der Waals surface area contributed by atoms with Gasteiger partial charge in [-0.15, -0.1) is 0 Å². The summed E-state index contributed by atoms with van der Waals surface area (Å²) < 4.78 is 41.5. The monoisotopic (exact) mass is 484 g/mol. The molecule has 1 aliphatic carbocycles. The van der Waals surface area contributed by atoms with E-state index in [9.17, 15) is 18.0 Å². The highest BCUT2D eigenvalue weighted by atomic mass is 32.1. The SMILES string of the molecule is CCc1ccc2c(c1)C(NC[C@@H](S)[C@H](Cc1cc(F)cc(F)c1)NC(C)=O)c1cc(F)ccc1-2. The lowest BCUT2D eigenvalue weighted by molar-refractivity contribution is -0.119. The van der Waals surface area contributed by atoms with Gasteiger partial charge < -0.3 is 10.6 Å². The second-order valence-electron chi connectivity index (χ2n) is 8.70. The van der Waals surface area contributed by atoms with Gasteiger partial charge in [0.05, 0.1) is 6.04 Å². The van der Waals surface area contributed by atoms with Gasteiger partial charge in [0.1, 0.15) is 17.5 Å². The molecule has 0 radical (unpaired) electrons. The normalized spacial score (nSPS) is 16.0. The van der Waals surface area contributed by atoms with Gasteiger partial charge in [-0.3, -0.25) is 4.79 Å². The van der Waals surface area contributed by atoms with Crippen molar-refractivity contribution in [2.75, 3.05) is 6.54 Å². The molecule has 34 heavy (non-hydrogen) atoms. The van der Waals surface area contributed by atoms with Crippen molar-refractivity contribution in [3.8, 4) is 11.1 Å². The maximum absolute atomic E-state index is 14.1. The largest absolute Gasteiger partial charge is 0.352 e. The van der Waals surface area contributed by atoms with Crippen molar-refractivity contribution in [3.63, 3.8) is 0 Å². The van der Waals surface area contributed by atoms with E-state index in [1.165, 1.54) is 30.7 Å². The van der Waals surface area contributed by atoms with Crippen molar-refractivity contribution in [2.24, 2.45) is 0 Å². The fourth-order valence-corrected chi connectivity index (χ4v) is 4.91.